The van der Waals surface area contributed by atoms with E-state index in [1.807, 2.05) is 12.3 Å². The number of halogens is 1. The summed E-state index contributed by atoms with van der Waals surface area (Å²) in [6, 6.07) is 5.23. The third kappa shape index (κ3) is 5.50. The molecule has 0 spiro atoms. The molecule has 0 aliphatic rings. The lowest BCUT2D eigenvalue weighted by atomic mass is 10.2. The van der Waals surface area contributed by atoms with Crippen LogP contribution in [0.15, 0.2) is 23.1 Å². The predicted molar refractivity (Wildman–Crippen MR) is 108 cm³/mol. The Kier molecular flexibility index (Phi) is 7.91. The van der Waals surface area contributed by atoms with Gasteiger partial charge in [0, 0.05) is 17.1 Å². The Hall–Kier alpha value is -2.50. The molecule has 1 amide bonds. The van der Waals surface area contributed by atoms with Crippen molar-refractivity contribution < 1.29 is 14.3 Å². The number of hydrogen-bond donors (Lipinski definition) is 1. The maximum Gasteiger partial charge on any atom is 0.343 e. The summed E-state index contributed by atoms with van der Waals surface area (Å²) in [5, 5.41) is 17.9. The number of ether oxygens (including phenoxy) is 1. The molecule has 1 heterocycles. The van der Waals surface area contributed by atoms with Gasteiger partial charge in [0.05, 0.1) is 5.69 Å². The summed E-state index contributed by atoms with van der Waals surface area (Å²) >= 11 is 7.28. The summed E-state index contributed by atoms with van der Waals surface area (Å²) in [4.78, 5) is 25.3. The van der Waals surface area contributed by atoms with Gasteiger partial charge in [-0.3, -0.25) is 9.48 Å². The molecule has 28 heavy (non-hydrogen) atoms. The number of nitrogens with one attached hydrogen (secondary N) is 1. The van der Waals surface area contributed by atoms with Crippen LogP contribution in [-0.4, -0.2) is 28.3 Å². The lowest BCUT2D eigenvalue weighted by Gasteiger charge is -2.10. The zero-order chi connectivity index (χ0) is 20.7. The van der Waals surface area contributed by atoms with Crippen molar-refractivity contribution in [3.63, 3.8) is 0 Å². The highest BCUT2D eigenvalue weighted by Crippen LogP contribution is 2.24. The van der Waals surface area contributed by atoms with E-state index in [0.29, 0.717) is 17.9 Å². The molecule has 0 aliphatic heterocycles. The molecule has 0 atom stereocenters. The second kappa shape index (κ2) is 10.2. The standard InChI is InChI=1S/C19H21ClN4O3S/c1-4-5-8-24-18(20)17(13(3)23-24)19(26)27-10-16(25)22-15-7-6-14(28-11-21)9-12(15)2/h6-7,9H,4-5,8,10H2,1-3H3,(H,22,25). The number of esters is 1. The van der Waals surface area contributed by atoms with Gasteiger partial charge in [0.1, 0.15) is 16.1 Å². The first-order chi connectivity index (χ1) is 13.4. The number of thioether (sulfide) groups is 1. The van der Waals surface area contributed by atoms with Gasteiger partial charge >= 0.3 is 5.97 Å². The van der Waals surface area contributed by atoms with E-state index in [1.165, 1.54) is 0 Å². The molecule has 0 radical (unpaired) electrons. The van der Waals surface area contributed by atoms with Crippen LogP contribution in [0.4, 0.5) is 5.69 Å². The van der Waals surface area contributed by atoms with Crippen molar-refractivity contribution in [2.75, 3.05) is 11.9 Å². The van der Waals surface area contributed by atoms with Crippen molar-refractivity contribution >= 4 is 40.9 Å². The number of nitrogens with zero attached hydrogens (tertiary/aromatic N) is 3. The Morgan fingerprint density at radius 2 is 2.14 bits per heavy atom. The quantitative estimate of drug-likeness (QED) is 0.388. The SMILES string of the molecule is CCCCn1nc(C)c(C(=O)OCC(=O)Nc2ccc(SC#N)cc2C)c1Cl. The molecule has 0 saturated heterocycles. The third-order valence-corrected chi connectivity index (χ3v) is 4.93. The molecule has 1 N–H and O–H groups in total. The van der Waals surface area contributed by atoms with Gasteiger partial charge < -0.3 is 10.1 Å². The number of unbranched alkanes of at least 4 members (excludes halogenated alkanes) is 1. The number of anilines is 1. The van der Waals surface area contributed by atoms with Crippen LogP contribution in [0, 0.1) is 24.5 Å². The molecule has 0 unspecified atom stereocenters. The molecule has 0 aliphatic carbocycles. The van der Waals surface area contributed by atoms with Crippen molar-refractivity contribution in [1.29, 1.82) is 5.26 Å². The van der Waals surface area contributed by atoms with E-state index in [2.05, 4.69) is 17.3 Å². The number of hydrogen-bond acceptors (Lipinski definition) is 6. The molecule has 1 aromatic heterocycles. The number of nitriles is 1. The molecule has 9 heteroatoms. The van der Waals surface area contributed by atoms with Crippen LogP contribution in [-0.2, 0) is 16.1 Å². The minimum absolute atomic E-state index is 0.180. The maximum absolute atomic E-state index is 12.3. The van der Waals surface area contributed by atoms with E-state index in [-0.39, 0.29) is 10.7 Å². The molecule has 0 saturated carbocycles. The van der Waals surface area contributed by atoms with Crippen LogP contribution in [0.1, 0.15) is 41.4 Å². The molecule has 148 valence electrons. The summed E-state index contributed by atoms with van der Waals surface area (Å²) in [6.07, 6.45) is 1.87. The zero-order valence-electron chi connectivity index (χ0n) is 15.9. The second-order valence-corrected chi connectivity index (χ2v) is 7.34. The first-order valence-electron chi connectivity index (χ1n) is 8.73. The van der Waals surface area contributed by atoms with Crippen molar-refractivity contribution in [2.24, 2.45) is 0 Å². The number of rotatable bonds is 8. The molecule has 0 bridgehead atoms. The van der Waals surface area contributed by atoms with Gasteiger partial charge in [0.15, 0.2) is 6.61 Å². The van der Waals surface area contributed by atoms with Gasteiger partial charge in [-0.2, -0.15) is 10.4 Å². The fraction of sp³-hybridized carbons (Fsp3) is 0.368. The van der Waals surface area contributed by atoms with E-state index in [1.54, 1.807) is 29.8 Å². The normalized spacial score (nSPS) is 10.4. The molecular weight excluding hydrogens is 400 g/mol. The molecule has 7 nitrogen and oxygen atoms in total. The first-order valence-corrected chi connectivity index (χ1v) is 9.93. The second-order valence-electron chi connectivity index (χ2n) is 6.12. The first kappa shape index (κ1) is 21.8. The summed E-state index contributed by atoms with van der Waals surface area (Å²) < 4.78 is 6.68. The van der Waals surface area contributed by atoms with E-state index < -0.39 is 18.5 Å². The fourth-order valence-electron chi connectivity index (χ4n) is 2.52. The van der Waals surface area contributed by atoms with E-state index in [0.717, 1.165) is 35.1 Å². The van der Waals surface area contributed by atoms with Gasteiger partial charge in [0.25, 0.3) is 5.91 Å². The summed E-state index contributed by atoms with van der Waals surface area (Å²) in [7, 11) is 0. The highest BCUT2D eigenvalue weighted by atomic mass is 35.5. The van der Waals surface area contributed by atoms with Crippen LogP contribution in [0.3, 0.4) is 0 Å². The fourth-order valence-corrected chi connectivity index (χ4v) is 3.34. The van der Waals surface area contributed by atoms with Crippen LogP contribution >= 0.6 is 23.4 Å². The average Bonchev–Trinajstić information content (AvgIpc) is 2.94. The molecule has 0 fully saturated rings. The zero-order valence-corrected chi connectivity index (χ0v) is 17.5. The predicted octanol–water partition coefficient (Wildman–Crippen LogP) is 4.32. The van der Waals surface area contributed by atoms with Gasteiger partial charge in [-0.05, 0) is 55.8 Å². The van der Waals surface area contributed by atoms with Crippen molar-refractivity contribution in [1.82, 2.24) is 9.78 Å². The number of thiocyanates is 1. The summed E-state index contributed by atoms with van der Waals surface area (Å²) in [6.45, 7) is 5.72. The number of carbonyl (C=O) groups is 2. The van der Waals surface area contributed by atoms with Gasteiger partial charge in [0.2, 0.25) is 0 Å². The van der Waals surface area contributed by atoms with Crippen LogP contribution in [0.2, 0.25) is 5.15 Å². The lowest BCUT2D eigenvalue weighted by Crippen LogP contribution is -2.21. The van der Waals surface area contributed by atoms with Crippen LogP contribution < -0.4 is 5.32 Å². The van der Waals surface area contributed by atoms with Crippen molar-refractivity contribution in [2.45, 2.75) is 45.1 Å². The minimum Gasteiger partial charge on any atom is -0.452 e. The maximum atomic E-state index is 12.3. The molecule has 1 aromatic carbocycles. The Bertz CT molecular complexity index is 921. The molecule has 2 aromatic rings. The Balaban J connectivity index is 1.97. The molecular formula is C19H21ClN4O3S. The van der Waals surface area contributed by atoms with Gasteiger partial charge in [-0.25, -0.2) is 4.79 Å². The van der Waals surface area contributed by atoms with Gasteiger partial charge in [-0.1, -0.05) is 24.9 Å². The number of aromatic nitrogens is 2. The van der Waals surface area contributed by atoms with E-state index >= 15 is 0 Å². The van der Waals surface area contributed by atoms with Gasteiger partial charge in [-0.15, -0.1) is 0 Å². The lowest BCUT2D eigenvalue weighted by molar-refractivity contribution is -0.119. The third-order valence-electron chi connectivity index (χ3n) is 3.96. The smallest absolute Gasteiger partial charge is 0.343 e. The van der Waals surface area contributed by atoms with E-state index in [4.69, 9.17) is 21.6 Å². The Labute approximate surface area is 173 Å². The Morgan fingerprint density at radius 3 is 2.79 bits per heavy atom. The van der Waals surface area contributed by atoms with Crippen LogP contribution in [0.25, 0.3) is 0 Å². The van der Waals surface area contributed by atoms with Crippen molar-refractivity contribution in [3.8, 4) is 5.40 Å². The van der Waals surface area contributed by atoms with Crippen molar-refractivity contribution in [3.05, 3.63) is 40.2 Å². The highest BCUT2D eigenvalue weighted by Gasteiger charge is 2.22. The summed E-state index contributed by atoms with van der Waals surface area (Å²) in [5.74, 6) is -1.15. The highest BCUT2D eigenvalue weighted by molar-refractivity contribution is 8.03. The number of amides is 1. The number of benzene rings is 1. The number of aryl methyl sites for hydroxylation is 3. The van der Waals surface area contributed by atoms with E-state index in [9.17, 15) is 9.59 Å². The molecule has 2 rings (SSSR count). The topological polar surface area (TPSA) is 97.0 Å². The largest absolute Gasteiger partial charge is 0.452 e. The van der Waals surface area contributed by atoms with Crippen LogP contribution in [0.5, 0.6) is 0 Å². The summed E-state index contributed by atoms with van der Waals surface area (Å²) in [5.41, 5.74) is 2.04. The average molecular weight is 421 g/mol. The minimum atomic E-state index is -0.683. The monoisotopic (exact) mass is 420 g/mol. The number of carbonyl (C=O) groups excluding carboxylic acids is 2. The Morgan fingerprint density at radius 1 is 1.39 bits per heavy atom.